The molecule has 0 unspecified atom stereocenters. The van der Waals surface area contributed by atoms with E-state index in [0.29, 0.717) is 5.56 Å². The number of aromatic nitrogens is 2. The smallest absolute Gasteiger partial charge is 0.311 e. The Morgan fingerprint density at radius 3 is 2.67 bits per heavy atom. The fraction of sp³-hybridized carbons (Fsp3) is 0.130. The van der Waals surface area contributed by atoms with Crippen LogP contribution in [0.5, 0.6) is 5.75 Å². The number of nitro groups is 1. The van der Waals surface area contributed by atoms with Crippen molar-refractivity contribution in [1.29, 1.82) is 0 Å². The minimum atomic E-state index is -1.80. The fourth-order valence-electron chi connectivity index (χ4n) is 3.24. The van der Waals surface area contributed by atoms with E-state index in [2.05, 4.69) is 10.4 Å². The Balaban J connectivity index is 1.39. The molecule has 0 spiro atoms. The molecule has 36 heavy (non-hydrogen) atoms. The summed E-state index contributed by atoms with van der Waals surface area (Å²) in [5, 5.41) is 17.5. The van der Waals surface area contributed by atoms with Crippen molar-refractivity contribution in [3.63, 3.8) is 0 Å². The van der Waals surface area contributed by atoms with Crippen LogP contribution in [0.2, 0.25) is 0 Å². The third-order valence-corrected chi connectivity index (χ3v) is 4.99. The summed E-state index contributed by atoms with van der Waals surface area (Å²) in [5.41, 5.74) is -0.124. The second-order valence-corrected chi connectivity index (χ2v) is 7.61. The Morgan fingerprint density at radius 2 is 1.92 bits per heavy atom. The van der Waals surface area contributed by atoms with Crippen molar-refractivity contribution < 1.29 is 36.4 Å². The van der Waals surface area contributed by atoms with Crippen molar-refractivity contribution in [2.24, 2.45) is 0 Å². The van der Waals surface area contributed by atoms with Crippen LogP contribution in [-0.4, -0.2) is 20.6 Å². The van der Waals surface area contributed by atoms with Crippen LogP contribution in [0.1, 0.15) is 27.4 Å². The first-order chi connectivity index (χ1) is 17.1. The van der Waals surface area contributed by atoms with Gasteiger partial charge in [-0.3, -0.25) is 19.6 Å². The van der Waals surface area contributed by atoms with Crippen LogP contribution in [-0.2, 0) is 13.2 Å². The molecule has 1 amide bonds. The van der Waals surface area contributed by atoms with E-state index in [-0.39, 0.29) is 41.3 Å². The number of amides is 1. The van der Waals surface area contributed by atoms with E-state index < -0.39 is 46.2 Å². The van der Waals surface area contributed by atoms with Gasteiger partial charge in [0.1, 0.15) is 18.2 Å². The van der Waals surface area contributed by atoms with Gasteiger partial charge in [-0.1, -0.05) is 6.07 Å². The van der Waals surface area contributed by atoms with Crippen LogP contribution in [0.3, 0.4) is 0 Å². The number of benzene rings is 2. The minimum Gasteiger partial charge on any atom is -0.479 e. The van der Waals surface area contributed by atoms with Crippen LogP contribution in [0, 0.1) is 40.3 Å². The molecule has 13 heteroatoms. The third kappa shape index (κ3) is 5.19. The van der Waals surface area contributed by atoms with E-state index in [1.165, 1.54) is 36.7 Å². The molecule has 0 aliphatic rings. The first-order valence-electron chi connectivity index (χ1n) is 10.2. The summed E-state index contributed by atoms with van der Waals surface area (Å²) in [7, 11) is 0. The molecule has 0 aliphatic carbocycles. The van der Waals surface area contributed by atoms with Gasteiger partial charge in [0.25, 0.3) is 5.91 Å². The molecule has 4 aromatic rings. The second kappa shape index (κ2) is 9.90. The lowest BCUT2D eigenvalue weighted by Gasteiger charge is -2.07. The van der Waals surface area contributed by atoms with Crippen molar-refractivity contribution in [2.45, 2.75) is 20.1 Å². The van der Waals surface area contributed by atoms with Crippen molar-refractivity contribution in [3.8, 4) is 5.75 Å². The van der Waals surface area contributed by atoms with Gasteiger partial charge in [0.15, 0.2) is 29.0 Å². The number of carbonyl (C=O) groups excluding carboxylic acids is 1. The molecule has 0 saturated heterocycles. The van der Waals surface area contributed by atoms with Gasteiger partial charge in [-0.25, -0.2) is 17.6 Å². The lowest BCUT2D eigenvalue weighted by Crippen LogP contribution is -2.11. The molecule has 1 N–H and O–H groups in total. The summed E-state index contributed by atoms with van der Waals surface area (Å²) in [6, 6.07) is 7.51. The number of halogens is 4. The quantitative estimate of drug-likeness (QED) is 0.117. The Bertz CT molecular complexity index is 1470. The molecule has 186 valence electrons. The summed E-state index contributed by atoms with van der Waals surface area (Å²) in [6.07, 6.45) is 2.40. The van der Waals surface area contributed by atoms with Gasteiger partial charge in [0, 0.05) is 23.9 Å². The van der Waals surface area contributed by atoms with E-state index in [9.17, 15) is 32.5 Å². The third-order valence-electron chi connectivity index (χ3n) is 4.99. The number of nitrogens with one attached hydrogen (secondary N) is 1. The number of aryl methyl sites for hydroxylation is 1. The zero-order valence-electron chi connectivity index (χ0n) is 18.4. The zero-order chi connectivity index (χ0) is 26.0. The maximum Gasteiger partial charge on any atom is 0.311 e. The van der Waals surface area contributed by atoms with E-state index in [4.69, 9.17) is 9.15 Å². The molecule has 2 aromatic heterocycles. The first-order valence-corrected chi connectivity index (χ1v) is 10.2. The second-order valence-electron chi connectivity index (χ2n) is 7.61. The number of anilines is 1. The first kappa shape index (κ1) is 24.4. The van der Waals surface area contributed by atoms with Crippen molar-refractivity contribution in [1.82, 2.24) is 9.78 Å². The number of hydrogen-bond acceptors (Lipinski definition) is 6. The molecule has 0 atom stereocenters. The van der Waals surface area contributed by atoms with Gasteiger partial charge in [-0.15, -0.1) is 0 Å². The molecule has 0 aliphatic heterocycles. The number of ether oxygens (including phenoxy) is 1. The Labute approximate surface area is 200 Å². The molecule has 2 heterocycles. The van der Waals surface area contributed by atoms with Crippen molar-refractivity contribution in [3.05, 3.63) is 105 Å². The number of carbonyl (C=O) groups is 1. The minimum absolute atomic E-state index is 0.0364. The molecule has 2 aromatic carbocycles. The summed E-state index contributed by atoms with van der Waals surface area (Å²) in [6.45, 7) is 0.968. The van der Waals surface area contributed by atoms with Crippen LogP contribution in [0.4, 0.5) is 28.9 Å². The zero-order valence-corrected chi connectivity index (χ0v) is 18.4. The van der Waals surface area contributed by atoms with Crippen LogP contribution in [0.15, 0.2) is 53.2 Å². The molecule has 9 nitrogen and oxygen atoms in total. The van der Waals surface area contributed by atoms with Gasteiger partial charge >= 0.3 is 5.69 Å². The molecule has 0 saturated carbocycles. The summed E-state index contributed by atoms with van der Waals surface area (Å²) in [4.78, 5) is 23.1. The average Bonchev–Trinajstić information content (AvgIpc) is 3.49. The molecule has 0 fully saturated rings. The van der Waals surface area contributed by atoms with Crippen molar-refractivity contribution in [2.75, 3.05) is 5.32 Å². The van der Waals surface area contributed by atoms with Crippen LogP contribution >= 0.6 is 0 Å². The monoisotopic (exact) mass is 504 g/mol. The van der Waals surface area contributed by atoms with Gasteiger partial charge < -0.3 is 14.5 Å². The van der Waals surface area contributed by atoms with Gasteiger partial charge in [0.2, 0.25) is 0 Å². The summed E-state index contributed by atoms with van der Waals surface area (Å²) >= 11 is 0. The number of furan rings is 1. The van der Waals surface area contributed by atoms with Gasteiger partial charge in [0.05, 0.1) is 23.4 Å². The lowest BCUT2D eigenvalue weighted by atomic mass is 10.2. The van der Waals surface area contributed by atoms with E-state index in [1.54, 1.807) is 13.0 Å². The van der Waals surface area contributed by atoms with Crippen LogP contribution in [0.25, 0.3) is 0 Å². The predicted molar refractivity (Wildman–Crippen MR) is 116 cm³/mol. The highest BCUT2D eigenvalue weighted by Gasteiger charge is 2.20. The van der Waals surface area contributed by atoms with E-state index in [0.717, 1.165) is 4.68 Å². The predicted octanol–water partition coefficient (Wildman–Crippen LogP) is 5.13. The molecular weight excluding hydrogens is 488 g/mol. The number of hydrogen-bond donors (Lipinski definition) is 1. The summed E-state index contributed by atoms with van der Waals surface area (Å²) < 4.78 is 66.1. The molecule has 4 rings (SSSR count). The highest BCUT2D eigenvalue weighted by molar-refractivity contribution is 6.02. The highest BCUT2D eigenvalue weighted by atomic mass is 19.2. The van der Waals surface area contributed by atoms with Gasteiger partial charge in [-0.05, 0) is 30.7 Å². The molecule has 0 bridgehead atoms. The van der Waals surface area contributed by atoms with E-state index >= 15 is 0 Å². The average molecular weight is 504 g/mol. The van der Waals surface area contributed by atoms with Crippen molar-refractivity contribution >= 4 is 17.3 Å². The Hall–Kier alpha value is -4.68. The summed E-state index contributed by atoms with van der Waals surface area (Å²) in [5.74, 6) is -6.96. The number of rotatable bonds is 8. The highest BCUT2D eigenvalue weighted by Crippen LogP contribution is 2.28. The topological polar surface area (TPSA) is 112 Å². The largest absolute Gasteiger partial charge is 0.479 e. The normalized spacial score (nSPS) is 10.9. The maximum absolute atomic E-state index is 13.9. The van der Waals surface area contributed by atoms with E-state index in [1.807, 2.05) is 0 Å². The van der Waals surface area contributed by atoms with Crippen LogP contribution < -0.4 is 10.1 Å². The molecule has 0 radical (unpaired) electrons. The number of nitrogens with zero attached hydrogens (tertiary/aromatic N) is 3. The Morgan fingerprint density at radius 1 is 1.14 bits per heavy atom. The number of nitro benzene ring substituents is 1. The Kier molecular flexibility index (Phi) is 6.72. The molecular formula is C23H16F4N4O5. The maximum atomic E-state index is 13.9. The lowest BCUT2D eigenvalue weighted by molar-refractivity contribution is -0.386. The SMILES string of the molecule is Cc1ccc(OCc2ccc(C(=O)Nc3cnn(Cc4c(F)cc(F)c(F)c4F)c3)o2)c([N+](=O)[O-])c1. The van der Waals surface area contributed by atoms with Gasteiger partial charge in [-0.2, -0.15) is 5.10 Å². The standard InChI is InChI=1S/C23H16F4N4O5/c1-12-2-4-19(18(6-12)31(33)34)35-11-14-3-5-20(36-14)23(32)29-13-8-28-30(9-13)10-15-16(24)7-17(25)22(27)21(15)26/h2-9H,10-11H2,1H3,(H,29,32). The fourth-order valence-corrected chi connectivity index (χ4v) is 3.24.